The molecule has 3 nitrogen and oxygen atoms in total. The van der Waals surface area contributed by atoms with Crippen LogP contribution >= 0.6 is 11.3 Å². The van der Waals surface area contributed by atoms with Crippen LogP contribution in [-0.4, -0.2) is 10.9 Å². The molecule has 0 unspecified atom stereocenters. The van der Waals surface area contributed by atoms with E-state index in [1.54, 1.807) is 17.4 Å². The molecule has 0 radical (unpaired) electrons. The number of hydrogen-bond donors (Lipinski definition) is 1. The summed E-state index contributed by atoms with van der Waals surface area (Å²) in [5, 5.41) is 4.12. The number of rotatable bonds is 1. The normalized spacial score (nSPS) is 11.0. The highest BCUT2D eigenvalue weighted by atomic mass is 32.1. The molecule has 4 heteroatoms. The van der Waals surface area contributed by atoms with Crippen molar-refractivity contribution >= 4 is 38.2 Å². The number of carbonyl (C=O) groups is 1. The predicted octanol–water partition coefficient (Wildman–Crippen LogP) is 2.55. The number of aromatic nitrogens is 1. The summed E-state index contributed by atoms with van der Waals surface area (Å²) in [5.74, 6) is -0.492. The third kappa shape index (κ3) is 1.27. The van der Waals surface area contributed by atoms with Gasteiger partial charge in [0.1, 0.15) is 5.69 Å². The van der Waals surface area contributed by atoms with Crippen molar-refractivity contribution in [3.63, 3.8) is 0 Å². The lowest BCUT2D eigenvalue weighted by molar-refractivity contribution is 0.0996. The summed E-state index contributed by atoms with van der Waals surface area (Å²) in [6, 6.07) is 9.61. The Morgan fingerprint density at radius 2 is 2.00 bits per heavy atom. The van der Waals surface area contributed by atoms with Crippen molar-refractivity contribution in [1.82, 2.24) is 4.98 Å². The Morgan fingerprint density at radius 3 is 2.81 bits per heavy atom. The molecule has 0 aliphatic carbocycles. The number of fused-ring (bicyclic) bond motifs is 3. The quantitative estimate of drug-likeness (QED) is 0.695. The number of hydrogen-bond acceptors (Lipinski definition) is 3. The second-order valence-corrected chi connectivity index (χ2v) is 4.48. The molecule has 0 bridgehead atoms. The van der Waals surface area contributed by atoms with Gasteiger partial charge in [-0.05, 0) is 23.6 Å². The van der Waals surface area contributed by atoms with Crippen LogP contribution in [0, 0.1) is 0 Å². The zero-order valence-corrected chi connectivity index (χ0v) is 9.12. The van der Waals surface area contributed by atoms with Gasteiger partial charge in [-0.2, -0.15) is 0 Å². The lowest BCUT2D eigenvalue weighted by atomic mass is 10.1. The van der Waals surface area contributed by atoms with Crippen LogP contribution in [0.2, 0.25) is 0 Å². The first-order chi connectivity index (χ1) is 7.75. The maximum atomic E-state index is 11.1. The van der Waals surface area contributed by atoms with Gasteiger partial charge in [0.15, 0.2) is 0 Å². The van der Waals surface area contributed by atoms with E-state index >= 15 is 0 Å². The minimum absolute atomic E-state index is 0.311. The standard InChI is InChI=1S/C12H8N2OS/c13-12(15)9-3-1-7-2-4-10-8(5-6-16-10)11(7)14-9/h1-6H,(H2,13,15). The number of benzene rings is 1. The number of thiophene rings is 1. The number of carbonyl (C=O) groups excluding carboxylic acids is 1. The molecule has 0 saturated carbocycles. The summed E-state index contributed by atoms with van der Waals surface area (Å²) >= 11 is 1.66. The fourth-order valence-corrected chi connectivity index (χ4v) is 2.56. The van der Waals surface area contributed by atoms with E-state index in [1.807, 2.05) is 23.6 Å². The molecule has 78 valence electrons. The molecule has 0 spiro atoms. The summed E-state index contributed by atoms with van der Waals surface area (Å²) in [6.07, 6.45) is 0. The van der Waals surface area contributed by atoms with Gasteiger partial charge >= 0.3 is 0 Å². The van der Waals surface area contributed by atoms with Crippen LogP contribution < -0.4 is 5.73 Å². The van der Waals surface area contributed by atoms with Gasteiger partial charge in [0.05, 0.1) is 5.52 Å². The lowest BCUT2D eigenvalue weighted by Gasteiger charge is -2.00. The van der Waals surface area contributed by atoms with E-state index in [9.17, 15) is 4.79 Å². The fourth-order valence-electron chi connectivity index (χ4n) is 1.77. The summed E-state index contributed by atoms with van der Waals surface area (Å²) in [7, 11) is 0. The molecule has 2 aromatic heterocycles. The molecule has 3 aromatic rings. The third-order valence-corrected chi connectivity index (χ3v) is 3.43. The van der Waals surface area contributed by atoms with Crippen LogP contribution in [0.25, 0.3) is 21.0 Å². The van der Waals surface area contributed by atoms with Crippen LogP contribution in [0.4, 0.5) is 0 Å². The van der Waals surface area contributed by atoms with Crippen LogP contribution in [0.5, 0.6) is 0 Å². The molecular weight excluding hydrogens is 220 g/mol. The van der Waals surface area contributed by atoms with Crippen molar-refractivity contribution in [2.45, 2.75) is 0 Å². The molecule has 2 N–H and O–H groups in total. The summed E-state index contributed by atoms with van der Waals surface area (Å²) in [6.45, 7) is 0. The number of primary amides is 1. The second-order valence-electron chi connectivity index (χ2n) is 3.53. The minimum atomic E-state index is -0.492. The fraction of sp³-hybridized carbons (Fsp3) is 0. The lowest BCUT2D eigenvalue weighted by Crippen LogP contribution is -2.12. The Bertz CT molecular complexity index is 702. The maximum Gasteiger partial charge on any atom is 0.267 e. The second kappa shape index (κ2) is 3.28. The van der Waals surface area contributed by atoms with Gasteiger partial charge in [-0.25, -0.2) is 4.98 Å². The monoisotopic (exact) mass is 228 g/mol. The van der Waals surface area contributed by atoms with E-state index in [0.29, 0.717) is 5.69 Å². The summed E-state index contributed by atoms with van der Waals surface area (Å²) in [4.78, 5) is 15.4. The van der Waals surface area contributed by atoms with Gasteiger partial charge in [-0.3, -0.25) is 4.79 Å². The smallest absolute Gasteiger partial charge is 0.267 e. The maximum absolute atomic E-state index is 11.1. The Balaban J connectivity index is 2.46. The summed E-state index contributed by atoms with van der Waals surface area (Å²) in [5.41, 5.74) is 6.38. The van der Waals surface area contributed by atoms with Crippen molar-refractivity contribution in [2.75, 3.05) is 0 Å². The highest BCUT2D eigenvalue weighted by Crippen LogP contribution is 2.27. The van der Waals surface area contributed by atoms with E-state index < -0.39 is 5.91 Å². The van der Waals surface area contributed by atoms with Crippen LogP contribution in [0.3, 0.4) is 0 Å². The topological polar surface area (TPSA) is 56.0 Å². The number of nitrogens with zero attached hydrogens (tertiary/aromatic N) is 1. The van der Waals surface area contributed by atoms with Gasteiger partial charge in [-0.1, -0.05) is 12.1 Å². The first kappa shape index (κ1) is 9.30. The Labute approximate surface area is 95.5 Å². The molecule has 0 aliphatic rings. The molecule has 0 fully saturated rings. The van der Waals surface area contributed by atoms with Crippen molar-refractivity contribution in [3.05, 3.63) is 41.4 Å². The minimum Gasteiger partial charge on any atom is -0.364 e. The van der Waals surface area contributed by atoms with E-state index in [0.717, 1.165) is 16.3 Å². The van der Waals surface area contributed by atoms with Crippen molar-refractivity contribution in [2.24, 2.45) is 5.73 Å². The molecular formula is C12H8N2OS. The van der Waals surface area contributed by atoms with Gasteiger partial charge in [-0.15, -0.1) is 11.3 Å². The van der Waals surface area contributed by atoms with Crippen molar-refractivity contribution in [1.29, 1.82) is 0 Å². The third-order valence-electron chi connectivity index (χ3n) is 2.54. The first-order valence-corrected chi connectivity index (χ1v) is 5.70. The molecule has 16 heavy (non-hydrogen) atoms. The molecule has 0 aliphatic heterocycles. The van der Waals surface area contributed by atoms with Gasteiger partial charge < -0.3 is 5.73 Å². The Kier molecular flexibility index (Phi) is 1.91. The van der Waals surface area contributed by atoms with E-state index in [-0.39, 0.29) is 0 Å². The van der Waals surface area contributed by atoms with E-state index in [1.165, 1.54) is 4.70 Å². The highest BCUT2D eigenvalue weighted by Gasteiger charge is 2.06. The summed E-state index contributed by atoms with van der Waals surface area (Å²) < 4.78 is 1.17. The molecule has 2 heterocycles. The van der Waals surface area contributed by atoms with Gasteiger partial charge in [0.2, 0.25) is 0 Å². The molecule has 0 atom stereocenters. The molecule has 1 amide bonds. The van der Waals surface area contributed by atoms with E-state index in [2.05, 4.69) is 11.1 Å². The molecule has 1 aromatic carbocycles. The molecule has 3 rings (SSSR count). The zero-order valence-electron chi connectivity index (χ0n) is 8.31. The van der Waals surface area contributed by atoms with Crippen LogP contribution in [0.15, 0.2) is 35.7 Å². The predicted molar refractivity (Wildman–Crippen MR) is 65.6 cm³/mol. The Hall–Kier alpha value is -1.94. The average Bonchev–Trinajstić information content (AvgIpc) is 2.76. The van der Waals surface area contributed by atoms with Gasteiger partial charge in [0.25, 0.3) is 5.91 Å². The number of nitrogens with two attached hydrogens (primary N) is 1. The largest absolute Gasteiger partial charge is 0.364 e. The zero-order chi connectivity index (χ0) is 11.1. The van der Waals surface area contributed by atoms with Crippen molar-refractivity contribution < 1.29 is 4.79 Å². The van der Waals surface area contributed by atoms with Crippen molar-refractivity contribution in [3.8, 4) is 0 Å². The van der Waals surface area contributed by atoms with Crippen LogP contribution in [0.1, 0.15) is 10.5 Å². The average molecular weight is 228 g/mol. The first-order valence-electron chi connectivity index (χ1n) is 4.82. The SMILES string of the molecule is NC(=O)c1ccc2ccc3sccc3c2n1. The highest BCUT2D eigenvalue weighted by molar-refractivity contribution is 7.17. The number of amides is 1. The van der Waals surface area contributed by atoms with Gasteiger partial charge in [0, 0.05) is 15.5 Å². The van der Waals surface area contributed by atoms with Crippen LogP contribution in [-0.2, 0) is 0 Å². The number of pyridine rings is 1. The van der Waals surface area contributed by atoms with E-state index in [4.69, 9.17) is 5.73 Å². The Morgan fingerprint density at radius 1 is 1.19 bits per heavy atom. The molecule has 0 saturated heterocycles.